The second kappa shape index (κ2) is 5.12. The van der Waals surface area contributed by atoms with Crippen LogP contribution in [0.5, 0.6) is 5.75 Å². The molecule has 0 saturated carbocycles. The van der Waals surface area contributed by atoms with Crippen molar-refractivity contribution < 1.29 is 14.6 Å². The first-order valence-electron chi connectivity index (χ1n) is 6.24. The Labute approximate surface area is 108 Å². The van der Waals surface area contributed by atoms with Gasteiger partial charge in [0.1, 0.15) is 5.75 Å². The van der Waals surface area contributed by atoms with Crippen molar-refractivity contribution in [3.63, 3.8) is 0 Å². The van der Waals surface area contributed by atoms with Gasteiger partial charge in [-0.1, -0.05) is 24.3 Å². The largest absolute Gasteiger partial charge is 0.508 e. The summed E-state index contributed by atoms with van der Waals surface area (Å²) >= 11 is 0. The molecule has 0 amide bonds. The molecule has 1 aromatic rings. The normalized spacial score (nSPS) is 26.8. The van der Waals surface area contributed by atoms with E-state index in [2.05, 4.69) is 6.58 Å². The average molecular weight is 248 g/mol. The number of aromatic hydroxyl groups is 1. The lowest BCUT2D eigenvalue weighted by molar-refractivity contribution is -0.295. The maximum absolute atomic E-state index is 9.97. The van der Waals surface area contributed by atoms with Gasteiger partial charge in [-0.25, -0.2) is 0 Å². The van der Waals surface area contributed by atoms with E-state index in [0.29, 0.717) is 6.61 Å². The zero-order chi connectivity index (χ0) is 13.2. The predicted molar refractivity (Wildman–Crippen MR) is 70.3 cm³/mol. The van der Waals surface area contributed by atoms with Crippen molar-refractivity contribution in [2.24, 2.45) is 5.92 Å². The molecule has 18 heavy (non-hydrogen) atoms. The Balaban J connectivity index is 2.30. The summed E-state index contributed by atoms with van der Waals surface area (Å²) in [5.41, 5.74) is 0.820. The van der Waals surface area contributed by atoms with E-state index >= 15 is 0 Å². The van der Waals surface area contributed by atoms with E-state index in [-0.39, 0.29) is 17.8 Å². The van der Waals surface area contributed by atoms with Crippen molar-refractivity contribution >= 4 is 0 Å². The molecule has 2 atom stereocenters. The van der Waals surface area contributed by atoms with Crippen LogP contribution < -0.4 is 0 Å². The Hall–Kier alpha value is -1.32. The van der Waals surface area contributed by atoms with Crippen molar-refractivity contribution in [1.29, 1.82) is 0 Å². The molecule has 1 aliphatic heterocycles. The zero-order valence-electron chi connectivity index (χ0n) is 10.9. The second-order valence-corrected chi connectivity index (χ2v) is 5.09. The molecular formula is C15H20O3. The van der Waals surface area contributed by atoms with Crippen LogP contribution in [0.1, 0.15) is 31.9 Å². The number of phenolic OH excluding ortho intramolecular Hbond substituents is 1. The fourth-order valence-electron chi connectivity index (χ4n) is 2.28. The highest BCUT2D eigenvalue weighted by molar-refractivity contribution is 5.34. The third-order valence-electron chi connectivity index (χ3n) is 3.20. The molecule has 98 valence electrons. The van der Waals surface area contributed by atoms with E-state index in [0.717, 1.165) is 12.0 Å². The van der Waals surface area contributed by atoms with Gasteiger partial charge in [-0.2, -0.15) is 0 Å². The van der Waals surface area contributed by atoms with E-state index in [1.165, 1.54) is 0 Å². The molecule has 3 heteroatoms. The van der Waals surface area contributed by atoms with E-state index in [4.69, 9.17) is 9.47 Å². The predicted octanol–water partition coefficient (Wildman–Crippen LogP) is 3.41. The number of rotatable bonds is 3. The lowest BCUT2D eigenvalue weighted by Crippen LogP contribution is -2.41. The first-order valence-corrected chi connectivity index (χ1v) is 6.24. The number of phenols is 1. The zero-order valence-corrected chi connectivity index (χ0v) is 10.9. The minimum absolute atomic E-state index is 0.159. The number of ether oxygens (including phenoxy) is 2. The van der Waals surface area contributed by atoms with E-state index in [1.54, 1.807) is 6.07 Å². The van der Waals surface area contributed by atoms with Crippen LogP contribution >= 0.6 is 0 Å². The van der Waals surface area contributed by atoms with Crippen LogP contribution in [-0.2, 0) is 9.47 Å². The molecule has 1 N–H and O–H groups in total. The minimum Gasteiger partial charge on any atom is -0.508 e. The summed E-state index contributed by atoms with van der Waals surface area (Å²) in [6.45, 7) is 8.16. The van der Waals surface area contributed by atoms with Gasteiger partial charge < -0.3 is 14.6 Å². The molecule has 1 fully saturated rings. The monoisotopic (exact) mass is 248 g/mol. The van der Waals surface area contributed by atoms with Crippen molar-refractivity contribution in [1.82, 2.24) is 0 Å². The number of hydrogen-bond donors (Lipinski definition) is 1. The summed E-state index contributed by atoms with van der Waals surface area (Å²) in [5.74, 6) is -0.164. The molecule has 0 radical (unpaired) electrons. The SMILES string of the molecule is C=CC[C@@H]1COC(C)(C)OC1c1ccccc1O. The van der Waals surface area contributed by atoms with Crippen molar-refractivity contribution in [3.8, 4) is 5.75 Å². The van der Waals surface area contributed by atoms with Gasteiger partial charge in [0.15, 0.2) is 5.79 Å². The van der Waals surface area contributed by atoms with Gasteiger partial charge >= 0.3 is 0 Å². The molecule has 1 heterocycles. The molecule has 0 spiro atoms. The fourth-order valence-corrected chi connectivity index (χ4v) is 2.28. The topological polar surface area (TPSA) is 38.7 Å². The summed E-state index contributed by atoms with van der Waals surface area (Å²) < 4.78 is 11.6. The molecular weight excluding hydrogens is 228 g/mol. The summed E-state index contributed by atoms with van der Waals surface area (Å²) in [7, 11) is 0. The molecule has 1 saturated heterocycles. The first-order chi connectivity index (χ1) is 8.53. The van der Waals surface area contributed by atoms with E-state index in [1.807, 2.05) is 38.1 Å². The first kappa shape index (κ1) is 13.1. The summed E-state index contributed by atoms with van der Waals surface area (Å²) in [4.78, 5) is 0. The maximum atomic E-state index is 9.97. The smallest absolute Gasteiger partial charge is 0.163 e. The Morgan fingerprint density at radius 2 is 2.17 bits per heavy atom. The highest BCUT2D eigenvalue weighted by Gasteiger charge is 2.37. The summed E-state index contributed by atoms with van der Waals surface area (Å²) in [5, 5.41) is 9.97. The highest BCUT2D eigenvalue weighted by Crippen LogP contribution is 2.41. The van der Waals surface area contributed by atoms with Gasteiger partial charge in [0.05, 0.1) is 12.7 Å². The third kappa shape index (κ3) is 2.74. The Bertz CT molecular complexity index is 426. The van der Waals surface area contributed by atoms with Crippen LogP contribution in [0.15, 0.2) is 36.9 Å². The van der Waals surface area contributed by atoms with Gasteiger partial charge in [-0.3, -0.25) is 0 Å². The van der Waals surface area contributed by atoms with Crippen LogP contribution in [0.4, 0.5) is 0 Å². The van der Waals surface area contributed by atoms with Gasteiger partial charge in [0.2, 0.25) is 0 Å². The van der Waals surface area contributed by atoms with Crippen molar-refractivity contribution in [2.45, 2.75) is 32.2 Å². The lowest BCUT2D eigenvalue weighted by atomic mass is 9.91. The van der Waals surface area contributed by atoms with E-state index < -0.39 is 5.79 Å². The Kier molecular flexibility index (Phi) is 3.73. The lowest BCUT2D eigenvalue weighted by Gasteiger charge is -2.41. The summed E-state index contributed by atoms with van der Waals surface area (Å²) in [6, 6.07) is 7.31. The van der Waals surface area contributed by atoms with Crippen molar-refractivity contribution in [2.75, 3.05) is 6.61 Å². The number of allylic oxidation sites excluding steroid dienone is 1. The van der Waals surface area contributed by atoms with Gasteiger partial charge in [0, 0.05) is 11.5 Å². The second-order valence-electron chi connectivity index (χ2n) is 5.09. The van der Waals surface area contributed by atoms with Gasteiger partial charge in [-0.05, 0) is 26.3 Å². The van der Waals surface area contributed by atoms with Gasteiger partial charge in [0.25, 0.3) is 0 Å². The average Bonchev–Trinajstić information content (AvgIpc) is 2.32. The standard InChI is InChI=1S/C15H20O3/c1-4-7-11-10-17-15(2,3)18-14(11)12-8-5-6-9-13(12)16/h4-6,8-9,11,14,16H,1,7,10H2,2-3H3/t11-,14?/m1/s1. The minimum atomic E-state index is -0.620. The quantitative estimate of drug-likeness (QED) is 0.833. The Morgan fingerprint density at radius 1 is 1.44 bits per heavy atom. The van der Waals surface area contributed by atoms with Crippen LogP contribution in [0.3, 0.4) is 0 Å². The maximum Gasteiger partial charge on any atom is 0.163 e. The van der Waals surface area contributed by atoms with Crippen molar-refractivity contribution in [3.05, 3.63) is 42.5 Å². The van der Waals surface area contributed by atoms with Crippen LogP contribution in [-0.4, -0.2) is 17.5 Å². The third-order valence-corrected chi connectivity index (χ3v) is 3.20. The number of hydrogen-bond acceptors (Lipinski definition) is 3. The molecule has 2 rings (SSSR count). The van der Waals surface area contributed by atoms with Gasteiger partial charge in [-0.15, -0.1) is 6.58 Å². The number of benzene rings is 1. The van der Waals surface area contributed by atoms with Crippen LogP contribution in [0, 0.1) is 5.92 Å². The molecule has 1 unspecified atom stereocenters. The molecule has 3 nitrogen and oxygen atoms in total. The summed E-state index contributed by atoms with van der Waals surface area (Å²) in [6.07, 6.45) is 2.51. The molecule has 0 aromatic heterocycles. The molecule has 1 aromatic carbocycles. The number of para-hydroxylation sites is 1. The highest BCUT2D eigenvalue weighted by atomic mass is 16.7. The molecule has 0 aliphatic carbocycles. The van der Waals surface area contributed by atoms with Crippen LogP contribution in [0.25, 0.3) is 0 Å². The molecule has 1 aliphatic rings. The van der Waals surface area contributed by atoms with E-state index in [9.17, 15) is 5.11 Å². The Morgan fingerprint density at radius 3 is 2.83 bits per heavy atom. The fraction of sp³-hybridized carbons (Fsp3) is 0.467. The molecule has 0 bridgehead atoms. The van der Waals surface area contributed by atoms with Crippen LogP contribution in [0.2, 0.25) is 0 Å².